The molecule has 0 aliphatic carbocycles. The quantitative estimate of drug-likeness (QED) is 0.507. The molecule has 0 aromatic rings. The lowest BCUT2D eigenvalue weighted by Gasteiger charge is -1.97. The fourth-order valence-electron chi connectivity index (χ4n) is 0.329. The second kappa shape index (κ2) is 3.25. The molecule has 0 rings (SSSR count). The van der Waals surface area contributed by atoms with Gasteiger partial charge in [-0.05, 0) is 19.4 Å². The van der Waals surface area contributed by atoms with Crippen molar-refractivity contribution in [3.63, 3.8) is 0 Å². The smallest absolute Gasteiger partial charge is 0.244 e. The number of amides is 1. The van der Waals surface area contributed by atoms with Gasteiger partial charge in [0.25, 0.3) is 0 Å². The highest BCUT2D eigenvalue weighted by molar-refractivity contribution is 5.92. The third-order valence-corrected chi connectivity index (χ3v) is 1.25. The van der Waals surface area contributed by atoms with E-state index < -0.39 is 5.91 Å². The monoisotopic (exact) mass is 129 g/mol. The number of aliphatic hydroxyl groups excluding tert-OH is 1. The van der Waals surface area contributed by atoms with Crippen molar-refractivity contribution in [3.8, 4) is 0 Å². The van der Waals surface area contributed by atoms with E-state index in [4.69, 9.17) is 10.8 Å². The molecule has 1 amide bonds. The van der Waals surface area contributed by atoms with Gasteiger partial charge >= 0.3 is 0 Å². The number of carbonyl (C=O) groups excluding carboxylic acids is 1. The molecule has 0 atom stereocenters. The predicted octanol–water partition coefficient (Wildman–Crippen LogP) is -0.200. The van der Waals surface area contributed by atoms with Crippen LogP contribution in [-0.4, -0.2) is 17.6 Å². The average Bonchev–Trinajstić information content (AvgIpc) is 1.84. The Bertz CT molecular complexity index is 149. The summed E-state index contributed by atoms with van der Waals surface area (Å²) in [5.74, 6) is -0.471. The van der Waals surface area contributed by atoms with Crippen LogP contribution in [0, 0.1) is 0 Å². The molecule has 0 saturated heterocycles. The summed E-state index contributed by atoms with van der Waals surface area (Å²) >= 11 is 0. The zero-order valence-electron chi connectivity index (χ0n) is 5.64. The first kappa shape index (κ1) is 8.17. The van der Waals surface area contributed by atoms with Gasteiger partial charge in [0.05, 0.1) is 6.61 Å². The molecule has 52 valence electrons. The zero-order chi connectivity index (χ0) is 7.44. The first-order valence-corrected chi connectivity index (χ1v) is 2.66. The van der Waals surface area contributed by atoms with Crippen molar-refractivity contribution >= 4 is 5.91 Å². The number of aliphatic hydroxyl groups is 1. The highest BCUT2D eigenvalue weighted by Gasteiger charge is 1.99. The molecular weight excluding hydrogens is 118 g/mol. The van der Waals surface area contributed by atoms with E-state index >= 15 is 0 Å². The van der Waals surface area contributed by atoms with Crippen LogP contribution in [0.5, 0.6) is 0 Å². The first-order chi connectivity index (χ1) is 4.09. The summed E-state index contributed by atoms with van der Waals surface area (Å²) in [7, 11) is 0. The Hall–Kier alpha value is -0.830. The van der Waals surface area contributed by atoms with Gasteiger partial charge in [0, 0.05) is 5.57 Å². The fraction of sp³-hybridized carbons (Fsp3) is 0.500. The van der Waals surface area contributed by atoms with Gasteiger partial charge in [-0.1, -0.05) is 0 Å². The molecule has 0 unspecified atom stereocenters. The topological polar surface area (TPSA) is 63.3 Å². The summed E-state index contributed by atoms with van der Waals surface area (Å²) in [6.07, 6.45) is 0. The molecule has 0 spiro atoms. The van der Waals surface area contributed by atoms with Crippen LogP contribution in [0.2, 0.25) is 0 Å². The second-order valence-electron chi connectivity index (χ2n) is 1.93. The van der Waals surface area contributed by atoms with Crippen molar-refractivity contribution in [2.24, 2.45) is 5.73 Å². The van der Waals surface area contributed by atoms with Gasteiger partial charge in [0.2, 0.25) is 5.91 Å². The third-order valence-electron chi connectivity index (χ3n) is 1.25. The summed E-state index contributed by atoms with van der Waals surface area (Å²) in [6, 6.07) is 0. The Kier molecular flexibility index (Phi) is 2.95. The minimum Gasteiger partial charge on any atom is -0.392 e. The predicted molar refractivity (Wildman–Crippen MR) is 34.7 cm³/mol. The second-order valence-corrected chi connectivity index (χ2v) is 1.93. The molecule has 0 aromatic heterocycles. The van der Waals surface area contributed by atoms with E-state index in [1.54, 1.807) is 13.8 Å². The number of nitrogens with two attached hydrogens (primary N) is 1. The maximum atomic E-state index is 10.4. The first-order valence-electron chi connectivity index (χ1n) is 2.66. The maximum Gasteiger partial charge on any atom is 0.244 e. The highest BCUT2D eigenvalue weighted by Crippen LogP contribution is 1.99. The van der Waals surface area contributed by atoms with Gasteiger partial charge in [-0.2, -0.15) is 0 Å². The van der Waals surface area contributed by atoms with Crippen molar-refractivity contribution in [3.05, 3.63) is 11.1 Å². The Labute approximate surface area is 54.2 Å². The van der Waals surface area contributed by atoms with Crippen LogP contribution in [0.15, 0.2) is 11.1 Å². The molecule has 3 N–H and O–H groups in total. The lowest BCUT2D eigenvalue weighted by molar-refractivity contribution is -0.114. The molecule has 0 aliphatic heterocycles. The molecule has 3 heteroatoms. The van der Waals surface area contributed by atoms with Crippen LogP contribution in [-0.2, 0) is 4.79 Å². The number of rotatable bonds is 2. The number of hydrogen-bond acceptors (Lipinski definition) is 2. The van der Waals surface area contributed by atoms with Gasteiger partial charge in [-0.15, -0.1) is 0 Å². The van der Waals surface area contributed by atoms with Crippen LogP contribution >= 0.6 is 0 Å². The van der Waals surface area contributed by atoms with Crippen molar-refractivity contribution < 1.29 is 9.90 Å². The van der Waals surface area contributed by atoms with E-state index in [2.05, 4.69) is 0 Å². The molecule has 0 aromatic carbocycles. The third kappa shape index (κ3) is 2.28. The van der Waals surface area contributed by atoms with Crippen LogP contribution in [0.4, 0.5) is 0 Å². The van der Waals surface area contributed by atoms with Gasteiger partial charge in [0.1, 0.15) is 0 Å². The lowest BCUT2D eigenvalue weighted by atomic mass is 10.1. The van der Waals surface area contributed by atoms with Crippen molar-refractivity contribution in [2.45, 2.75) is 13.8 Å². The Morgan fingerprint density at radius 2 is 2.00 bits per heavy atom. The molecule has 0 bridgehead atoms. The molecule has 3 nitrogen and oxygen atoms in total. The molecule has 9 heavy (non-hydrogen) atoms. The number of carbonyl (C=O) groups is 1. The van der Waals surface area contributed by atoms with Gasteiger partial charge in [-0.3, -0.25) is 4.79 Å². The van der Waals surface area contributed by atoms with E-state index in [0.29, 0.717) is 11.1 Å². The van der Waals surface area contributed by atoms with E-state index in [-0.39, 0.29) is 6.61 Å². The number of hydrogen-bond donors (Lipinski definition) is 2. The molecule has 0 saturated carbocycles. The van der Waals surface area contributed by atoms with E-state index in [0.717, 1.165) is 0 Å². The summed E-state index contributed by atoms with van der Waals surface area (Å²) in [4.78, 5) is 10.4. The summed E-state index contributed by atoms with van der Waals surface area (Å²) in [5, 5.41) is 8.49. The molecule has 0 aliphatic rings. The Morgan fingerprint density at radius 1 is 1.56 bits per heavy atom. The van der Waals surface area contributed by atoms with Crippen molar-refractivity contribution in [2.75, 3.05) is 6.61 Å². The SMILES string of the molecule is C/C(CO)=C(/C)C(N)=O. The maximum absolute atomic E-state index is 10.4. The van der Waals surface area contributed by atoms with Crippen molar-refractivity contribution in [1.82, 2.24) is 0 Å². The van der Waals surface area contributed by atoms with Crippen LogP contribution < -0.4 is 5.73 Å². The van der Waals surface area contributed by atoms with Crippen LogP contribution in [0.25, 0.3) is 0 Å². The van der Waals surface area contributed by atoms with E-state index in [1.165, 1.54) is 0 Å². The molecular formula is C6H11NO2. The molecule has 0 heterocycles. The Balaban J connectivity index is 4.28. The normalized spacial score (nSPS) is 12.8. The minimum absolute atomic E-state index is 0.102. The largest absolute Gasteiger partial charge is 0.392 e. The fourth-order valence-corrected chi connectivity index (χ4v) is 0.329. The van der Waals surface area contributed by atoms with Crippen molar-refractivity contribution in [1.29, 1.82) is 0 Å². The molecule has 0 fully saturated rings. The minimum atomic E-state index is -0.471. The summed E-state index contributed by atoms with van der Waals surface area (Å²) < 4.78 is 0. The van der Waals surface area contributed by atoms with E-state index in [9.17, 15) is 4.79 Å². The highest BCUT2D eigenvalue weighted by atomic mass is 16.3. The Morgan fingerprint density at radius 3 is 2.11 bits per heavy atom. The summed E-state index contributed by atoms with van der Waals surface area (Å²) in [5.41, 5.74) is 5.97. The standard InChI is InChI=1S/C6H11NO2/c1-4(3-8)5(2)6(7)9/h8H,3H2,1-2H3,(H2,7,9)/b5-4+. The zero-order valence-corrected chi connectivity index (χ0v) is 5.64. The van der Waals surface area contributed by atoms with Crippen LogP contribution in [0.3, 0.4) is 0 Å². The van der Waals surface area contributed by atoms with E-state index in [1.807, 2.05) is 0 Å². The van der Waals surface area contributed by atoms with Gasteiger partial charge < -0.3 is 10.8 Å². The van der Waals surface area contributed by atoms with Gasteiger partial charge in [0.15, 0.2) is 0 Å². The summed E-state index contributed by atoms with van der Waals surface area (Å²) in [6.45, 7) is 3.16. The lowest BCUT2D eigenvalue weighted by Crippen LogP contribution is -2.13. The van der Waals surface area contributed by atoms with Crippen LogP contribution in [0.1, 0.15) is 13.8 Å². The number of primary amides is 1. The molecule has 0 radical (unpaired) electrons. The van der Waals surface area contributed by atoms with Gasteiger partial charge in [-0.25, -0.2) is 0 Å². The average molecular weight is 129 g/mol.